The first kappa shape index (κ1) is 15.9. The average Bonchev–Trinajstić information content (AvgIpc) is 3.16. The Hall–Kier alpha value is -2.65. The highest BCUT2D eigenvalue weighted by molar-refractivity contribution is 7.92. The van der Waals surface area contributed by atoms with Gasteiger partial charge in [0, 0.05) is 29.9 Å². The summed E-state index contributed by atoms with van der Waals surface area (Å²) in [4.78, 5) is 11.8. The molecule has 7 nitrogen and oxygen atoms in total. The number of rotatable bonds is 4. The van der Waals surface area contributed by atoms with Crippen molar-refractivity contribution in [2.24, 2.45) is 0 Å². The summed E-state index contributed by atoms with van der Waals surface area (Å²) in [5, 5.41) is 0.867. The lowest BCUT2D eigenvalue weighted by Crippen LogP contribution is -2.13. The van der Waals surface area contributed by atoms with Crippen LogP contribution in [0.15, 0.2) is 56.7 Å². The summed E-state index contributed by atoms with van der Waals surface area (Å²) < 4.78 is 39.4. The largest absolute Gasteiger partial charge is 0.419 e. The van der Waals surface area contributed by atoms with Crippen LogP contribution < -0.4 is 10.5 Å². The molecular weight excluding hydrogens is 362 g/mol. The fourth-order valence-corrected chi connectivity index (χ4v) is 4.35. The summed E-state index contributed by atoms with van der Waals surface area (Å²) in [7, 11) is -3.81. The molecule has 0 atom stereocenters. The van der Waals surface area contributed by atoms with E-state index in [1.165, 1.54) is 28.2 Å². The SMILES string of the molecule is CCn1c(=O)oc2cc(S(=O)(=O)Nc3ccc4sncc4c3)ccc21. The van der Waals surface area contributed by atoms with Gasteiger partial charge in [-0.3, -0.25) is 9.29 Å². The summed E-state index contributed by atoms with van der Waals surface area (Å²) in [6.07, 6.45) is 1.69. The topological polar surface area (TPSA) is 94.2 Å². The predicted molar refractivity (Wildman–Crippen MR) is 96.6 cm³/mol. The van der Waals surface area contributed by atoms with Crippen LogP contribution in [0.3, 0.4) is 0 Å². The maximum Gasteiger partial charge on any atom is 0.419 e. The number of oxazole rings is 1. The van der Waals surface area contributed by atoms with Crippen molar-refractivity contribution in [3.05, 3.63) is 53.1 Å². The Morgan fingerprint density at radius 2 is 2.08 bits per heavy atom. The molecule has 2 aromatic carbocycles. The summed E-state index contributed by atoms with van der Waals surface area (Å²) in [5.74, 6) is -0.504. The highest BCUT2D eigenvalue weighted by Gasteiger charge is 2.18. The highest BCUT2D eigenvalue weighted by Crippen LogP contribution is 2.25. The number of fused-ring (bicyclic) bond motifs is 2. The van der Waals surface area contributed by atoms with Crippen LogP contribution in [0.5, 0.6) is 0 Å². The molecule has 0 radical (unpaired) electrons. The van der Waals surface area contributed by atoms with Crippen LogP contribution in [0, 0.1) is 0 Å². The molecule has 2 heterocycles. The van der Waals surface area contributed by atoms with E-state index in [0.29, 0.717) is 17.7 Å². The Morgan fingerprint density at radius 1 is 1.24 bits per heavy atom. The van der Waals surface area contributed by atoms with Crippen LogP contribution in [0.25, 0.3) is 21.2 Å². The monoisotopic (exact) mass is 375 g/mol. The van der Waals surface area contributed by atoms with E-state index in [1.54, 1.807) is 24.4 Å². The molecule has 0 aliphatic heterocycles. The third kappa shape index (κ3) is 2.71. The van der Waals surface area contributed by atoms with Crippen LogP contribution in [-0.2, 0) is 16.6 Å². The molecule has 0 fully saturated rings. The standard InChI is InChI=1S/C16H13N3O4S2/c1-2-19-13-5-4-12(8-14(13)23-16(19)20)25(21,22)18-11-3-6-15-10(7-11)9-17-24-15/h3-9,18H,2H2,1H3. The third-order valence-electron chi connectivity index (χ3n) is 3.87. The molecular formula is C16H13N3O4S2. The second kappa shape index (κ2) is 5.71. The summed E-state index contributed by atoms with van der Waals surface area (Å²) in [6, 6.07) is 9.61. The second-order valence-corrected chi connectivity index (χ2v) is 7.94. The van der Waals surface area contributed by atoms with Crippen LogP contribution in [0.4, 0.5) is 5.69 Å². The summed E-state index contributed by atoms with van der Waals surface area (Å²) in [6.45, 7) is 2.27. The van der Waals surface area contributed by atoms with E-state index in [0.717, 1.165) is 10.1 Å². The zero-order valence-electron chi connectivity index (χ0n) is 13.1. The fourth-order valence-electron chi connectivity index (χ4n) is 2.66. The van der Waals surface area contributed by atoms with Gasteiger partial charge in [0.1, 0.15) is 0 Å². The molecule has 0 spiro atoms. The van der Waals surface area contributed by atoms with Gasteiger partial charge >= 0.3 is 5.76 Å². The van der Waals surface area contributed by atoms with Crippen molar-refractivity contribution in [2.75, 3.05) is 4.72 Å². The molecule has 2 aromatic heterocycles. The minimum Gasteiger partial charge on any atom is -0.408 e. The molecule has 4 rings (SSSR count). The summed E-state index contributed by atoms with van der Waals surface area (Å²) in [5.41, 5.74) is 1.25. The quantitative estimate of drug-likeness (QED) is 0.592. The van der Waals surface area contributed by atoms with E-state index in [2.05, 4.69) is 9.10 Å². The molecule has 0 amide bonds. The lowest BCUT2D eigenvalue weighted by molar-refractivity contribution is 0.512. The van der Waals surface area contributed by atoms with Crippen molar-refractivity contribution < 1.29 is 12.8 Å². The van der Waals surface area contributed by atoms with E-state index in [4.69, 9.17) is 4.42 Å². The van der Waals surface area contributed by atoms with Gasteiger partial charge in [-0.25, -0.2) is 13.2 Å². The normalized spacial score (nSPS) is 12.0. The Balaban J connectivity index is 1.74. The molecule has 0 unspecified atom stereocenters. The van der Waals surface area contributed by atoms with E-state index in [-0.39, 0.29) is 10.5 Å². The molecule has 1 N–H and O–H groups in total. The van der Waals surface area contributed by atoms with Crippen LogP contribution in [0.2, 0.25) is 0 Å². The van der Waals surface area contributed by atoms with E-state index in [1.807, 2.05) is 13.0 Å². The minimum absolute atomic E-state index is 0.0283. The zero-order valence-corrected chi connectivity index (χ0v) is 14.7. The Kier molecular flexibility index (Phi) is 3.62. The lowest BCUT2D eigenvalue weighted by Gasteiger charge is -2.08. The van der Waals surface area contributed by atoms with E-state index >= 15 is 0 Å². The maximum absolute atomic E-state index is 12.6. The number of nitrogens with one attached hydrogen (secondary N) is 1. The van der Waals surface area contributed by atoms with Gasteiger partial charge in [-0.05, 0) is 48.8 Å². The van der Waals surface area contributed by atoms with Crippen molar-refractivity contribution in [2.45, 2.75) is 18.4 Å². The number of hydrogen-bond acceptors (Lipinski definition) is 6. The van der Waals surface area contributed by atoms with Crippen molar-refractivity contribution in [1.29, 1.82) is 0 Å². The second-order valence-electron chi connectivity index (χ2n) is 5.43. The molecule has 9 heteroatoms. The van der Waals surface area contributed by atoms with Gasteiger partial charge in [-0.2, -0.15) is 4.37 Å². The van der Waals surface area contributed by atoms with Crippen LogP contribution in [-0.4, -0.2) is 17.4 Å². The van der Waals surface area contributed by atoms with Gasteiger partial charge < -0.3 is 4.42 Å². The molecule has 0 bridgehead atoms. The van der Waals surface area contributed by atoms with Gasteiger partial charge in [0.15, 0.2) is 5.58 Å². The number of anilines is 1. The molecule has 0 aliphatic rings. The minimum atomic E-state index is -3.81. The molecule has 4 aromatic rings. The summed E-state index contributed by atoms with van der Waals surface area (Å²) >= 11 is 1.35. The Bertz CT molecular complexity index is 1250. The number of nitrogens with zero attached hydrogens (tertiary/aromatic N) is 2. The van der Waals surface area contributed by atoms with Gasteiger partial charge in [-0.15, -0.1) is 0 Å². The van der Waals surface area contributed by atoms with Crippen molar-refractivity contribution in [3.8, 4) is 0 Å². The Morgan fingerprint density at radius 3 is 2.88 bits per heavy atom. The number of sulfonamides is 1. The number of hydrogen-bond donors (Lipinski definition) is 1. The van der Waals surface area contributed by atoms with E-state index in [9.17, 15) is 13.2 Å². The first-order valence-corrected chi connectivity index (χ1v) is 9.74. The number of aryl methyl sites for hydroxylation is 1. The lowest BCUT2D eigenvalue weighted by atomic mass is 10.2. The van der Waals surface area contributed by atoms with Crippen molar-refractivity contribution >= 4 is 48.4 Å². The van der Waals surface area contributed by atoms with Crippen LogP contribution >= 0.6 is 11.5 Å². The molecule has 128 valence electrons. The van der Waals surface area contributed by atoms with Crippen molar-refractivity contribution in [3.63, 3.8) is 0 Å². The van der Waals surface area contributed by atoms with Gasteiger partial charge in [0.05, 0.1) is 15.1 Å². The predicted octanol–water partition coefficient (Wildman–Crippen LogP) is 3.02. The molecule has 0 aliphatic carbocycles. The number of aromatic nitrogens is 2. The molecule has 0 saturated heterocycles. The smallest absolute Gasteiger partial charge is 0.408 e. The van der Waals surface area contributed by atoms with E-state index < -0.39 is 15.8 Å². The number of benzene rings is 2. The van der Waals surface area contributed by atoms with Gasteiger partial charge in [-0.1, -0.05) is 0 Å². The highest BCUT2D eigenvalue weighted by atomic mass is 32.2. The third-order valence-corrected chi connectivity index (χ3v) is 6.03. The van der Waals surface area contributed by atoms with Crippen molar-refractivity contribution in [1.82, 2.24) is 8.94 Å². The van der Waals surface area contributed by atoms with Gasteiger partial charge in [0.2, 0.25) is 0 Å². The molecule has 25 heavy (non-hydrogen) atoms. The zero-order chi connectivity index (χ0) is 17.6. The molecule has 0 saturated carbocycles. The average molecular weight is 375 g/mol. The fraction of sp³-hybridized carbons (Fsp3) is 0.125. The maximum atomic E-state index is 12.6. The van der Waals surface area contributed by atoms with Gasteiger partial charge in [0.25, 0.3) is 10.0 Å². The van der Waals surface area contributed by atoms with Crippen LogP contribution in [0.1, 0.15) is 6.92 Å². The first-order chi connectivity index (χ1) is 12.0. The first-order valence-electron chi connectivity index (χ1n) is 7.48. The Labute approximate surface area is 146 Å².